The molecule has 0 N–H and O–H groups in total. The van der Waals surface area contributed by atoms with Crippen molar-refractivity contribution in [1.82, 2.24) is 0 Å². The maximum atomic E-state index is 2.26. The molecule has 0 saturated carbocycles. The van der Waals surface area contributed by atoms with Crippen molar-refractivity contribution in [3.8, 4) is 0 Å². The average Bonchev–Trinajstić information content (AvgIpc) is 2.60. The quantitative estimate of drug-likeness (QED) is 0.435. The van der Waals surface area contributed by atoms with E-state index in [1.54, 1.807) is 0 Å². The molecule has 0 spiro atoms. The molecular weight excluding hydrogens is 382 g/mol. The van der Waals surface area contributed by atoms with Crippen LogP contribution in [-0.4, -0.2) is 0 Å². The Labute approximate surface area is 117 Å². The molecule has 0 atom stereocenters. The molecule has 0 fully saturated rings. The second kappa shape index (κ2) is 8.70. The molecule has 0 bridgehead atoms. The summed E-state index contributed by atoms with van der Waals surface area (Å²) in [6, 6.07) is 0. The molecule has 0 heterocycles. The minimum absolute atomic E-state index is 0. The van der Waals surface area contributed by atoms with Gasteiger partial charge in [-0.05, 0) is 18.3 Å². The summed E-state index contributed by atoms with van der Waals surface area (Å²) in [7, 11) is 0. The van der Waals surface area contributed by atoms with Gasteiger partial charge in [0.25, 0.3) is 0 Å². The summed E-state index contributed by atoms with van der Waals surface area (Å²) in [6.45, 7) is 0. The monoisotopic (exact) mass is 394 g/mol. The molecule has 3 heteroatoms. The third-order valence-corrected chi connectivity index (χ3v) is 2.20. The van der Waals surface area contributed by atoms with Crippen LogP contribution in [0.5, 0.6) is 0 Å². The molecular formula is C11H12Cl2Hf-2. The number of hydrogen-bond acceptors (Lipinski definition) is 0. The van der Waals surface area contributed by atoms with Gasteiger partial charge in [-0.15, -0.1) is 0 Å². The summed E-state index contributed by atoms with van der Waals surface area (Å²) in [5.41, 5.74) is 0. The van der Waals surface area contributed by atoms with Crippen molar-refractivity contribution in [2.45, 2.75) is 6.42 Å². The van der Waals surface area contributed by atoms with Crippen molar-refractivity contribution < 1.29 is 50.7 Å². The van der Waals surface area contributed by atoms with Crippen LogP contribution in [-0.2, 0) is 25.8 Å². The second-order valence-corrected chi connectivity index (χ2v) is 3.10. The zero-order valence-corrected chi connectivity index (χ0v) is 12.8. The summed E-state index contributed by atoms with van der Waals surface area (Å²) in [5.74, 6) is 1.35. The molecule has 2 aliphatic rings. The topological polar surface area (TPSA) is 0 Å². The van der Waals surface area contributed by atoms with Gasteiger partial charge in [0.15, 0.2) is 0 Å². The SMILES string of the molecule is C1=CC(CC2C=CC=C2)C=C1.[Cl-].[Cl-].[Hf]. The first-order valence-corrected chi connectivity index (χ1v) is 4.15. The molecule has 0 amide bonds. The van der Waals surface area contributed by atoms with Crippen molar-refractivity contribution in [2.24, 2.45) is 11.8 Å². The van der Waals surface area contributed by atoms with Crippen LogP contribution in [0.2, 0.25) is 0 Å². The molecule has 0 aromatic heterocycles. The van der Waals surface area contributed by atoms with Gasteiger partial charge in [-0.25, -0.2) is 0 Å². The maximum absolute atomic E-state index is 2.26. The van der Waals surface area contributed by atoms with Gasteiger partial charge in [0.05, 0.1) is 0 Å². The molecule has 0 nitrogen and oxygen atoms in total. The van der Waals surface area contributed by atoms with Crippen LogP contribution in [0.15, 0.2) is 48.6 Å². The van der Waals surface area contributed by atoms with Crippen LogP contribution in [0, 0.1) is 11.8 Å². The van der Waals surface area contributed by atoms with Crippen molar-refractivity contribution in [1.29, 1.82) is 0 Å². The van der Waals surface area contributed by atoms with E-state index < -0.39 is 0 Å². The maximum Gasteiger partial charge on any atom is 0 e. The van der Waals surface area contributed by atoms with Crippen LogP contribution in [0.1, 0.15) is 6.42 Å². The first-order chi connectivity index (χ1) is 5.45. The second-order valence-electron chi connectivity index (χ2n) is 3.10. The zero-order valence-electron chi connectivity index (χ0n) is 7.74. The van der Waals surface area contributed by atoms with Crippen LogP contribution in [0.3, 0.4) is 0 Å². The summed E-state index contributed by atoms with van der Waals surface area (Å²) in [6.07, 6.45) is 18.8. The van der Waals surface area contributed by atoms with Gasteiger partial charge in [0.2, 0.25) is 0 Å². The van der Waals surface area contributed by atoms with Gasteiger partial charge in [-0.2, -0.15) is 0 Å². The molecule has 0 aromatic rings. The van der Waals surface area contributed by atoms with Crippen LogP contribution in [0.25, 0.3) is 0 Å². The van der Waals surface area contributed by atoms with Gasteiger partial charge >= 0.3 is 0 Å². The van der Waals surface area contributed by atoms with Crippen molar-refractivity contribution >= 4 is 0 Å². The fourth-order valence-corrected chi connectivity index (χ4v) is 1.58. The number of halogens is 2. The Bertz CT molecular complexity index is 204. The van der Waals surface area contributed by atoms with Crippen molar-refractivity contribution in [3.63, 3.8) is 0 Å². The Hall–Kier alpha value is 0.410. The molecule has 2 aliphatic carbocycles. The van der Waals surface area contributed by atoms with Gasteiger partial charge in [0, 0.05) is 25.8 Å². The first-order valence-electron chi connectivity index (χ1n) is 4.15. The van der Waals surface area contributed by atoms with Gasteiger partial charge in [-0.1, -0.05) is 48.6 Å². The van der Waals surface area contributed by atoms with Gasteiger partial charge < -0.3 is 24.8 Å². The van der Waals surface area contributed by atoms with E-state index in [1.807, 2.05) is 0 Å². The number of rotatable bonds is 2. The largest absolute Gasteiger partial charge is 1.00 e. The summed E-state index contributed by atoms with van der Waals surface area (Å²) in [4.78, 5) is 0. The van der Waals surface area contributed by atoms with E-state index >= 15 is 0 Å². The third kappa shape index (κ3) is 4.77. The molecule has 2 rings (SSSR count). The van der Waals surface area contributed by atoms with E-state index in [-0.39, 0.29) is 50.7 Å². The minimum atomic E-state index is 0. The summed E-state index contributed by atoms with van der Waals surface area (Å²) >= 11 is 0. The standard InChI is InChI=1S/C11H12.2ClH.Hf/c1-2-6-10(5-1)9-11-7-3-4-8-11;;;/h1-8,10-11H,9H2;2*1H;/p-2. The molecule has 0 aromatic carbocycles. The zero-order chi connectivity index (χ0) is 7.52. The van der Waals surface area contributed by atoms with Crippen LogP contribution in [0.4, 0.5) is 0 Å². The Morgan fingerprint density at radius 3 is 1.21 bits per heavy atom. The smallest absolute Gasteiger partial charge is 0 e. The van der Waals surface area contributed by atoms with E-state index in [2.05, 4.69) is 48.6 Å². The Kier molecular flexibility index (Phi) is 10.5. The number of hydrogen-bond donors (Lipinski definition) is 0. The normalized spacial score (nSPS) is 17.7. The summed E-state index contributed by atoms with van der Waals surface area (Å²) in [5, 5.41) is 0. The van der Waals surface area contributed by atoms with Crippen molar-refractivity contribution in [3.05, 3.63) is 48.6 Å². The van der Waals surface area contributed by atoms with E-state index in [0.29, 0.717) is 11.8 Å². The Balaban J connectivity index is 0. The van der Waals surface area contributed by atoms with Gasteiger partial charge in [-0.3, -0.25) is 0 Å². The third-order valence-electron chi connectivity index (χ3n) is 2.20. The molecule has 0 aliphatic heterocycles. The van der Waals surface area contributed by atoms with Gasteiger partial charge in [0.1, 0.15) is 0 Å². The van der Waals surface area contributed by atoms with E-state index in [9.17, 15) is 0 Å². The average molecular weight is 394 g/mol. The molecule has 14 heavy (non-hydrogen) atoms. The fraction of sp³-hybridized carbons (Fsp3) is 0.273. The van der Waals surface area contributed by atoms with E-state index in [4.69, 9.17) is 0 Å². The Morgan fingerprint density at radius 2 is 0.929 bits per heavy atom. The Morgan fingerprint density at radius 1 is 0.643 bits per heavy atom. The van der Waals surface area contributed by atoms with Crippen molar-refractivity contribution in [2.75, 3.05) is 0 Å². The first kappa shape index (κ1) is 16.8. The predicted molar refractivity (Wildman–Crippen MR) is 48.2 cm³/mol. The molecule has 76 valence electrons. The minimum Gasteiger partial charge on any atom is -1.00 e. The summed E-state index contributed by atoms with van der Waals surface area (Å²) < 4.78 is 0. The fourth-order valence-electron chi connectivity index (χ4n) is 1.58. The molecule has 0 unspecified atom stereocenters. The van der Waals surface area contributed by atoms with E-state index in [0.717, 1.165) is 0 Å². The van der Waals surface area contributed by atoms with Crippen LogP contribution >= 0.6 is 0 Å². The van der Waals surface area contributed by atoms with E-state index in [1.165, 1.54) is 6.42 Å². The van der Waals surface area contributed by atoms with Crippen LogP contribution < -0.4 is 24.8 Å². The predicted octanol–water partition coefficient (Wildman–Crippen LogP) is -3.13. The molecule has 0 saturated heterocycles. The molecule has 0 radical (unpaired) electrons. The number of allylic oxidation sites excluding steroid dienone is 8.